The molecule has 134 valence electrons. The number of fused-ring (bicyclic) bond motifs is 1. The Hall–Kier alpha value is -0.950. The highest BCUT2D eigenvalue weighted by atomic mass is 32.1. The van der Waals surface area contributed by atoms with Crippen LogP contribution in [0.3, 0.4) is 0 Å². The Balaban J connectivity index is 1.30. The second-order valence-corrected chi connectivity index (χ2v) is 8.05. The zero-order valence-corrected chi connectivity index (χ0v) is 15.6. The van der Waals surface area contributed by atoms with Gasteiger partial charge in [-0.1, -0.05) is 0 Å². The van der Waals surface area contributed by atoms with Gasteiger partial charge in [0.25, 0.3) is 0 Å². The van der Waals surface area contributed by atoms with Crippen molar-refractivity contribution in [2.24, 2.45) is 0 Å². The molecule has 3 heterocycles. The summed E-state index contributed by atoms with van der Waals surface area (Å²) in [5.74, 6) is 0.150. The number of rotatable bonds is 6. The summed E-state index contributed by atoms with van der Waals surface area (Å²) in [6.45, 7) is 10.5. The molecule has 1 aromatic rings. The molecule has 2 unspecified atom stereocenters. The maximum atomic E-state index is 12.1. The summed E-state index contributed by atoms with van der Waals surface area (Å²) in [6, 6.07) is 2.19. The first-order chi connectivity index (χ1) is 11.6. The number of nitrogens with zero attached hydrogens (tertiary/aromatic N) is 2. The van der Waals surface area contributed by atoms with E-state index in [9.17, 15) is 4.79 Å². The molecule has 0 aliphatic carbocycles. The van der Waals surface area contributed by atoms with Gasteiger partial charge in [-0.25, -0.2) is 0 Å². The molecular weight excluding hydrogens is 322 g/mol. The van der Waals surface area contributed by atoms with Crippen molar-refractivity contribution in [1.29, 1.82) is 0 Å². The monoisotopic (exact) mass is 351 g/mol. The number of amides is 1. The molecule has 0 spiro atoms. The molecule has 0 radical (unpaired) electrons. The highest BCUT2D eigenvalue weighted by Gasteiger charge is 2.22. The number of thiophene rings is 1. The molecule has 2 aliphatic heterocycles. The average Bonchev–Trinajstić information content (AvgIpc) is 2.98. The lowest BCUT2D eigenvalue weighted by Gasteiger charge is -2.35. The van der Waals surface area contributed by atoms with Crippen molar-refractivity contribution >= 4 is 17.2 Å². The van der Waals surface area contributed by atoms with Gasteiger partial charge >= 0.3 is 0 Å². The van der Waals surface area contributed by atoms with Gasteiger partial charge in [-0.2, -0.15) is 0 Å². The van der Waals surface area contributed by atoms with Gasteiger partial charge in [-0.05, 0) is 43.7 Å². The number of hydrogen-bond acceptors (Lipinski definition) is 5. The normalized spacial score (nSPS) is 25.4. The van der Waals surface area contributed by atoms with E-state index in [0.29, 0.717) is 18.8 Å². The first-order valence-corrected chi connectivity index (χ1v) is 9.90. The van der Waals surface area contributed by atoms with Crippen molar-refractivity contribution in [3.8, 4) is 0 Å². The van der Waals surface area contributed by atoms with Crippen LogP contribution in [0, 0.1) is 0 Å². The summed E-state index contributed by atoms with van der Waals surface area (Å²) >= 11 is 1.84. The van der Waals surface area contributed by atoms with Crippen LogP contribution in [0.2, 0.25) is 0 Å². The highest BCUT2D eigenvalue weighted by Crippen LogP contribution is 2.23. The third-order valence-corrected chi connectivity index (χ3v) is 5.75. The molecule has 2 aliphatic rings. The van der Waals surface area contributed by atoms with Crippen LogP contribution >= 0.6 is 11.3 Å². The summed E-state index contributed by atoms with van der Waals surface area (Å²) in [5.41, 5.74) is 1.40. The zero-order chi connectivity index (χ0) is 16.9. The van der Waals surface area contributed by atoms with Gasteiger partial charge in [-0.3, -0.25) is 14.6 Å². The number of ether oxygens (including phenoxy) is 1. The third-order valence-electron chi connectivity index (χ3n) is 4.72. The first-order valence-electron chi connectivity index (χ1n) is 9.02. The summed E-state index contributed by atoms with van der Waals surface area (Å²) in [4.78, 5) is 18.3. The minimum Gasteiger partial charge on any atom is -0.373 e. The van der Waals surface area contributed by atoms with Crippen molar-refractivity contribution in [3.05, 3.63) is 21.9 Å². The topological polar surface area (TPSA) is 44.8 Å². The Morgan fingerprint density at radius 2 is 2.12 bits per heavy atom. The molecule has 5 nitrogen and oxygen atoms in total. The van der Waals surface area contributed by atoms with Gasteiger partial charge in [0, 0.05) is 44.1 Å². The Morgan fingerprint density at radius 3 is 2.92 bits per heavy atom. The fourth-order valence-electron chi connectivity index (χ4n) is 3.70. The first kappa shape index (κ1) is 17.9. The van der Waals surface area contributed by atoms with E-state index < -0.39 is 0 Å². The fraction of sp³-hybridized carbons (Fsp3) is 0.722. The lowest BCUT2D eigenvalue weighted by atomic mass is 10.1. The molecule has 1 fully saturated rings. The SMILES string of the molecule is CC1CN(CCCNC(=O)CN2CCc3sccc3C2)CC(C)O1. The van der Waals surface area contributed by atoms with Crippen LogP contribution in [0.5, 0.6) is 0 Å². The maximum Gasteiger partial charge on any atom is 0.234 e. The molecule has 1 amide bonds. The van der Waals surface area contributed by atoms with Gasteiger partial charge in [0.05, 0.1) is 18.8 Å². The molecular formula is C18H29N3O2S. The lowest BCUT2D eigenvalue weighted by Crippen LogP contribution is -2.46. The summed E-state index contributed by atoms with van der Waals surface area (Å²) in [7, 11) is 0. The smallest absolute Gasteiger partial charge is 0.234 e. The Bertz CT molecular complexity index is 538. The number of morpholine rings is 1. The highest BCUT2D eigenvalue weighted by molar-refractivity contribution is 7.10. The maximum absolute atomic E-state index is 12.1. The fourth-order valence-corrected chi connectivity index (χ4v) is 4.59. The summed E-state index contributed by atoms with van der Waals surface area (Å²) < 4.78 is 5.75. The standard InChI is InChI=1S/C18H29N3O2S/c1-14-10-20(11-15(2)23-14)7-3-6-19-18(22)13-21-8-4-17-16(12-21)5-9-24-17/h5,9,14-15H,3-4,6-8,10-13H2,1-2H3,(H,19,22). The van der Waals surface area contributed by atoms with Crippen molar-refractivity contribution in [1.82, 2.24) is 15.1 Å². The van der Waals surface area contributed by atoms with E-state index in [0.717, 1.165) is 52.1 Å². The van der Waals surface area contributed by atoms with Gasteiger partial charge in [0.15, 0.2) is 0 Å². The van der Waals surface area contributed by atoms with Crippen molar-refractivity contribution in [2.45, 2.75) is 45.4 Å². The molecule has 6 heteroatoms. The van der Waals surface area contributed by atoms with E-state index >= 15 is 0 Å². The average molecular weight is 352 g/mol. The van der Waals surface area contributed by atoms with Gasteiger partial charge < -0.3 is 10.1 Å². The quantitative estimate of drug-likeness (QED) is 0.793. The molecule has 0 aromatic carbocycles. The number of hydrogen-bond donors (Lipinski definition) is 1. The third kappa shape index (κ3) is 5.02. The molecule has 1 saturated heterocycles. The number of nitrogens with one attached hydrogen (secondary N) is 1. The molecule has 24 heavy (non-hydrogen) atoms. The van der Waals surface area contributed by atoms with Crippen LogP contribution in [-0.4, -0.2) is 67.2 Å². The number of carbonyl (C=O) groups excluding carboxylic acids is 1. The molecule has 1 aromatic heterocycles. The van der Waals surface area contributed by atoms with Crippen molar-refractivity contribution < 1.29 is 9.53 Å². The van der Waals surface area contributed by atoms with E-state index in [1.54, 1.807) is 0 Å². The van der Waals surface area contributed by atoms with E-state index in [1.807, 2.05) is 11.3 Å². The van der Waals surface area contributed by atoms with Crippen molar-refractivity contribution in [3.63, 3.8) is 0 Å². The second kappa shape index (κ2) is 8.43. The molecule has 3 rings (SSSR count). The predicted molar refractivity (Wildman–Crippen MR) is 97.4 cm³/mol. The molecule has 0 bridgehead atoms. The zero-order valence-electron chi connectivity index (χ0n) is 14.8. The van der Waals surface area contributed by atoms with Crippen LogP contribution < -0.4 is 5.32 Å². The van der Waals surface area contributed by atoms with Crippen LogP contribution in [-0.2, 0) is 22.5 Å². The van der Waals surface area contributed by atoms with Crippen molar-refractivity contribution in [2.75, 3.05) is 39.3 Å². The minimum absolute atomic E-state index is 0.150. The van der Waals surface area contributed by atoms with E-state index in [2.05, 4.69) is 40.4 Å². The minimum atomic E-state index is 0.150. The second-order valence-electron chi connectivity index (χ2n) is 7.05. The van der Waals surface area contributed by atoms with Crippen LogP contribution in [0.15, 0.2) is 11.4 Å². The Morgan fingerprint density at radius 1 is 1.33 bits per heavy atom. The molecule has 2 atom stereocenters. The summed E-state index contributed by atoms with van der Waals surface area (Å²) in [6.07, 6.45) is 2.70. The van der Waals surface area contributed by atoms with Gasteiger partial charge in [-0.15, -0.1) is 11.3 Å². The lowest BCUT2D eigenvalue weighted by molar-refractivity contribution is -0.122. The summed E-state index contributed by atoms with van der Waals surface area (Å²) in [5, 5.41) is 5.23. The predicted octanol–water partition coefficient (Wildman–Crippen LogP) is 1.72. The Kier molecular flexibility index (Phi) is 6.27. The molecule has 0 saturated carbocycles. The van der Waals surface area contributed by atoms with Crippen LogP contribution in [0.4, 0.5) is 0 Å². The molecule has 1 N–H and O–H groups in total. The number of carbonyl (C=O) groups is 1. The van der Waals surface area contributed by atoms with Crippen LogP contribution in [0.1, 0.15) is 30.7 Å². The van der Waals surface area contributed by atoms with Gasteiger partial charge in [0.2, 0.25) is 5.91 Å². The van der Waals surface area contributed by atoms with E-state index in [1.165, 1.54) is 10.4 Å². The van der Waals surface area contributed by atoms with E-state index in [-0.39, 0.29) is 5.91 Å². The van der Waals surface area contributed by atoms with E-state index in [4.69, 9.17) is 4.74 Å². The largest absolute Gasteiger partial charge is 0.373 e. The van der Waals surface area contributed by atoms with Crippen LogP contribution in [0.25, 0.3) is 0 Å². The Labute approximate surface area is 149 Å². The van der Waals surface area contributed by atoms with Gasteiger partial charge in [0.1, 0.15) is 0 Å².